The van der Waals surface area contributed by atoms with E-state index in [9.17, 15) is 4.79 Å². The van der Waals surface area contributed by atoms with Crippen molar-refractivity contribution in [1.82, 2.24) is 4.98 Å². The molecule has 1 atom stereocenters. The molecule has 5 nitrogen and oxygen atoms in total. The Balaban J connectivity index is 0.00000147. The van der Waals surface area contributed by atoms with Gasteiger partial charge in [-0.15, -0.1) is 12.4 Å². The Kier molecular flexibility index (Phi) is 4.11. The maximum absolute atomic E-state index is 11.6. The number of primary amides is 1. The predicted octanol–water partition coefficient (Wildman–Crippen LogP) is 1.29. The lowest BCUT2D eigenvalue weighted by molar-refractivity contribution is 0.100. The average Bonchev–Trinajstić information content (AvgIpc) is 2.84. The molecule has 2 aromatic rings. The molecule has 0 spiro atoms. The van der Waals surface area contributed by atoms with Crippen LogP contribution in [0.1, 0.15) is 16.8 Å². The number of pyridine rings is 1. The van der Waals surface area contributed by atoms with Crippen LogP contribution in [-0.2, 0) is 0 Å². The molecule has 0 unspecified atom stereocenters. The van der Waals surface area contributed by atoms with Crippen LogP contribution in [0.15, 0.2) is 30.3 Å². The molecule has 2 heterocycles. The number of amides is 1. The van der Waals surface area contributed by atoms with Crippen molar-refractivity contribution in [3.05, 3.63) is 35.9 Å². The van der Waals surface area contributed by atoms with Crippen molar-refractivity contribution in [2.24, 2.45) is 11.5 Å². The Morgan fingerprint density at radius 2 is 2.10 bits per heavy atom. The highest BCUT2D eigenvalue weighted by Gasteiger charge is 2.22. The summed E-state index contributed by atoms with van der Waals surface area (Å²) < 4.78 is 0. The van der Waals surface area contributed by atoms with Crippen LogP contribution in [-0.4, -0.2) is 30.0 Å². The van der Waals surface area contributed by atoms with Crippen molar-refractivity contribution >= 4 is 35.0 Å². The van der Waals surface area contributed by atoms with E-state index < -0.39 is 5.91 Å². The number of rotatable bonds is 2. The molecule has 0 saturated carbocycles. The lowest BCUT2D eigenvalue weighted by Crippen LogP contribution is -2.27. The number of nitrogens with two attached hydrogens (primary N) is 2. The molecule has 1 saturated heterocycles. The van der Waals surface area contributed by atoms with Gasteiger partial charge in [-0.3, -0.25) is 4.79 Å². The summed E-state index contributed by atoms with van der Waals surface area (Å²) in [5, 5.41) is 0.794. The van der Waals surface area contributed by atoms with E-state index in [1.54, 1.807) is 6.07 Å². The summed E-state index contributed by atoms with van der Waals surface area (Å²) in [6.07, 6.45) is 0.945. The maximum Gasteiger partial charge on any atom is 0.249 e. The van der Waals surface area contributed by atoms with Crippen molar-refractivity contribution in [2.45, 2.75) is 12.5 Å². The minimum Gasteiger partial charge on any atom is -0.366 e. The highest BCUT2D eigenvalue weighted by molar-refractivity contribution is 6.06. The standard InChI is InChI=1S/C14H16N4O.ClH/c15-9-5-6-18(8-9)13-7-11(14(16)19)10-3-1-2-4-12(10)17-13;/h1-4,7,9H,5-6,8,15H2,(H2,16,19);1H/t9-;/m1./s1. The number of carbonyl (C=O) groups excluding carboxylic acids is 1. The smallest absolute Gasteiger partial charge is 0.249 e. The molecule has 3 rings (SSSR count). The number of hydrogen-bond donors (Lipinski definition) is 2. The monoisotopic (exact) mass is 292 g/mol. The fourth-order valence-electron chi connectivity index (χ4n) is 2.52. The van der Waals surface area contributed by atoms with E-state index in [2.05, 4.69) is 9.88 Å². The molecule has 1 fully saturated rings. The van der Waals surface area contributed by atoms with E-state index in [0.717, 1.165) is 36.2 Å². The fraction of sp³-hybridized carbons (Fsp3) is 0.286. The zero-order valence-corrected chi connectivity index (χ0v) is 11.8. The van der Waals surface area contributed by atoms with E-state index in [4.69, 9.17) is 11.5 Å². The number of halogens is 1. The first-order valence-corrected chi connectivity index (χ1v) is 6.35. The van der Waals surface area contributed by atoms with Crippen LogP contribution in [0.3, 0.4) is 0 Å². The molecule has 0 bridgehead atoms. The molecule has 0 aliphatic carbocycles. The van der Waals surface area contributed by atoms with Gasteiger partial charge in [0.2, 0.25) is 5.91 Å². The summed E-state index contributed by atoms with van der Waals surface area (Å²) in [6, 6.07) is 9.47. The molecule has 4 N–H and O–H groups in total. The van der Waals surface area contributed by atoms with Crippen LogP contribution in [0.25, 0.3) is 10.9 Å². The van der Waals surface area contributed by atoms with Gasteiger partial charge >= 0.3 is 0 Å². The van der Waals surface area contributed by atoms with Crippen LogP contribution >= 0.6 is 12.4 Å². The van der Waals surface area contributed by atoms with Gasteiger partial charge in [-0.05, 0) is 18.6 Å². The minimum atomic E-state index is -0.427. The van der Waals surface area contributed by atoms with Crippen molar-refractivity contribution in [3.8, 4) is 0 Å². The predicted molar refractivity (Wildman–Crippen MR) is 82.3 cm³/mol. The first-order chi connectivity index (χ1) is 9.15. The first kappa shape index (κ1) is 14.6. The largest absolute Gasteiger partial charge is 0.366 e. The molecule has 1 aliphatic heterocycles. The topological polar surface area (TPSA) is 85.2 Å². The summed E-state index contributed by atoms with van der Waals surface area (Å²) >= 11 is 0. The summed E-state index contributed by atoms with van der Waals surface area (Å²) in [7, 11) is 0. The Labute approximate surface area is 123 Å². The third-order valence-corrected chi connectivity index (χ3v) is 3.52. The first-order valence-electron chi connectivity index (χ1n) is 6.35. The van der Waals surface area contributed by atoms with Gasteiger partial charge in [0.05, 0.1) is 11.1 Å². The third-order valence-electron chi connectivity index (χ3n) is 3.52. The number of aromatic nitrogens is 1. The lowest BCUT2D eigenvalue weighted by atomic mass is 10.1. The number of fused-ring (bicyclic) bond motifs is 1. The van der Waals surface area contributed by atoms with E-state index in [1.807, 2.05) is 24.3 Å². The number of para-hydroxylation sites is 1. The summed E-state index contributed by atoms with van der Waals surface area (Å²) in [5.41, 5.74) is 12.7. The van der Waals surface area contributed by atoms with Gasteiger partial charge in [-0.2, -0.15) is 0 Å². The SMILES string of the molecule is Cl.NC(=O)c1cc(N2CC[C@@H](N)C2)nc2ccccc12. The van der Waals surface area contributed by atoms with Crippen molar-refractivity contribution in [3.63, 3.8) is 0 Å². The second-order valence-corrected chi connectivity index (χ2v) is 4.90. The molecule has 1 amide bonds. The minimum absolute atomic E-state index is 0. The summed E-state index contributed by atoms with van der Waals surface area (Å²) in [5.74, 6) is 0.351. The Morgan fingerprint density at radius 3 is 2.75 bits per heavy atom. The maximum atomic E-state index is 11.6. The van der Waals surface area contributed by atoms with Gasteiger partial charge in [-0.25, -0.2) is 4.98 Å². The van der Waals surface area contributed by atoms with E-state index in [-0.39, 0.29) is 18.4 Å². The van der Waals surface area contributed by atoms with Crippen LogP contribution < -0.4 is 16.4 Å². The number of benzene rings is 1. The number of carbonyl (C=O) groups is 1. The quantitative estimate of drug-likeness (QED) is 0.873. The van der Waals surface area contributed by atoms with Gasteiger partial charge in [0, 0.05) is 24.5 Å². The fourth-order valence-corrected chi connectivity index (χ4v) is 2.52. The Hall–Kier alpha value is -1.85. The summed E-state index contributed by atoms with van der Waals surface area (Å²) in [6.45, 7) is 1.63. The van der Waals surface area contributed by atoms with E-state index in [1.165, 1.54) is 0 Å². The number of hydrogen-bond acceptors (Lipinski definition) is 4. The highest BCUT2D eigenvalue weighted by atomic mass is 35.5. The molecule has 20 heavy (non-hydrogen) atoms. The van der Waals surface area contributed by atoms with E-state index >= 15 is 0 Å². The van der Waals surface area contributed by atoms with Gasteiger partial charge in [0.1, 0.15) is 5.82 Å². The van der Waals surface area contributed by atoms with Crippen LogP contribution in [0.5, 0.6) is 0 Å². The zero-order chi connectivity index (χ0) is 13.4. The van der Waals surface area contributed by atoms with Crippen LogP contribution in [0.2, 0.25) is 0 Å². The second-order valence-electron chi connectivity index (χ2n) is 4.90. The molecule has 6 heteroatoms. The van der Waals surface area contributed by atoms with Gasteiger partial charge in [0.25, 0.3) is 0 Å². The molecular formula is C14H17ClN4O. The summed E-state index contributed by atoms with van der Waals surface area (Å²) in [4.78, 5) is 18.3. The molecular weight excluding hydrogens is 276 g/mol. The molecule has 106 valence electrons. The lowest BCUT2D eigenvalue weighted by Gasteiger charge is -2.18. The van der Waals surface area contributed by atoms with E-state index in [0.29, 0.717) is 5.56 Å². The van der Waals surface area contributed by atoms with Crippen LogP contribution in [0, 0.1) is 0 Å². The van der Waals surface area contributed by atoms with Crippen LogP contribution in [0.4, 0.5) is 5.82 Å². The second kappa shape index (κ2) is 5.64. The Bertz CT molecular complexity index is 646. The van der Waals surface area contributed by atoms with Gasteiger partial charge in [-0.1, -0.05) is 18.2 Å². The molecule has 1 aliphatic rings. The third kappa shape index (κ3) is 2.55. The van der Waals surface area contributed by atoms with Crippen molar-refractivity contribution < 1.29 is 4.79 Å². The normalized spacial score (nSPS) is 18.1. The number of anilines is 1. The molecule has 1 aromatic heterocycles. The van der Waals surface area contributed by atoms with Gasteiger partial charge < -0.3 is 16.4 Å². The molecule has 1 aromatic carbocycles. The van der Waals surface area contributed by atoms with Crippen molar-refractivity contribution in [1.29, 1.82) is 0 Å². The van der Waals surface area contributed by atoms with Crippen molar-refractivity contribution in [2.75, 3.05) is 18.0 Å². The Morgan fingerprint density at radius 1 is 1.35 bits per heavy atom. The zero-order valence-electron chi connectivity index (χ0n) is 11.0. The van der Waals surface area contributed by atoms with Gasteiger partial charge in [0.15, 0.2) is 0 Å². The average molecular weight is 293 g/mol. The molecule has 0 radical (unpaired) electrons. The number of nitrogens with zero attached hydrogens (tertiary/aromatic N) is 2. The highest BCUT2D eigenvalue weighted by Crippen LogP contribution is 2.24.